The van der Waals surface area contributed by atoms with E-state index in [9.17, 15) is 4.79 Å². The monoisotopic (exact) mass is 263 g/mol. The highest BCUT2D eigenvalue weighted by molar-refractivity contribution is 5.91. The van der Waals surface area contributed by atoms with E-state index in [1.54, 1.807) is 19.2 Å². The maximum Gasteiger partial charge on any atom is 0.271 e. The van der Waals surface area contributed by atoms with E-state index in [-0.39, 0.29) is 11.3 Å². The third kappa shape index (κ3) is 3.20. The van der Waals surface area contributed by atoms with Crippen molar-refractivity contribution in [3.8, 4) is 0 Å². The van der Waals surface area contributed by atoms with Gasteiger partial charge in [0.05, 0.1) is 0 Å². The summed E-state index contributed by atoms with van der Waals surface area (Å²) in [5.41, 5.74) is 6.40. The molecule has 0 aliphatic heterocycles. The summed E-state index contributed by atoms with van der Waals surface area (Å²) in [4.78, 5) is 11.3. The van der Waals surface area contributed by atoms with E-state index in [2.05, 4.69) is 20.8 Å². The van der Waals surface area contributed by atoms with Gasteiger partial charge in [-0.3, -0.25) is 4.79 Å². The van der Waals surface area contributed by atoms with Gasteiger partial charge in [0.1, 0.15) is 5.82 Å². The normalized spacial score (nSPS) is 17.2. The molecule has 2 rings (SSSR count). The van der Waals surface area contributed by atoms with Gasteiger partial charge in [-0.2, -0.15) is 0 Å². The Hall–Kier alpha value is -1.69. The van der Waals surface area contributed by atoms with Crippen LogP contribution in [-0.2, 0) is 0 Å². The van der Waals surface area contributed by atoms with Gasteiger partial charge in [-0.25, -0.2) is 0 Å². The Balaban J connectivity index is 1.94. The van der Waals surface area contributed by atoms with E-state index in [0.717, 1.165) is 6.54 Å². The quantitative estimate of drug-likeness (QED) is 0.729. The molecule has 19 heavy (non-hydrogen) atoms. The summed E-state index contributed by atoms with van der Waals surface area (Å²) in [5, 5.41) is 13.7. The zero-order valence-electron chi connectivity index (χ0n) is 11.3. The smallest absolute Gasteiger partial charge is 0.271 e. The van der Waals surface area contributed by atoms with Crippen LogP contribution in [0.3, 0.4) is 0 Å². The maximum atomic E-state index is 11.3. The van der Waals surface area contributed by atoms with Crippen LogP contribution in [0.2, 0.25) is 0 Å². The zero-order valence-corrected chi connectivity index (χ0v) is 11.3. The van der Waals surface area contributed by atoms with Gasteiger partial charge in [-0.05, 0) is 36.9 Å². The number of nitrogens with two attached hydrogens (primary N) is 1. The lowest BCUT2D eigenvalue weighted by molar-refractivity contribution is 0.0957. The van der Waals surface area contributed by atoms with Crippen molar-refractivity contribution >= 4 is 11.7 Å². The maximum absolute atomic E-state index is 11.3. The first-order chi connectivity index (χ1) is 9.19. The molecule has 0 atom stereocenters. The summed E-state index contributed by atoms with van der Waals surface area (Å²) in [6.07, 6.45) is 4.83. The van der Waals surface area contributed by atoms with Gasteiger partial charge >= 0.3 is 0 Å². The Kier molecular flexibility index (Phi) is 4.31. The number of hydrogen-bond acceptors (Lipinski definition) is 5. The Morgan fingerprint density at radius 2 is 2.11 bits per heavy atom. The van der Waals surface area contributed by atoms with Crippen molar-refractivity contribution in [1.82, 2.24) is 15.5 Å². The van der Waals surface area contributed by atoms with Gasteiger partial charge < -0.3 is 16.4 Å². The molecule has 1 aromatic rings. The number of aromatic nitrogens is 2. The van der Waals surface area contributed by atoms with Crippen molar-refractivity contribution in [3.63, 3.8) is 0 Å². The predicted molar refractivity (Wildman–Crippen MR) is 73.9 cm³/mol. The molecule has 6 nitrogen and oxygen atoms in total. The van der Waals surface area contributed by atoms with Crippen molar-refractivity contribution in [2.24, 2.45) is 11.1 Å². The lowest BCUT2D eigenvalue weighted by atomic mass is 9.86. The highest BCUT2D eigenvalue weighted by Crippen LogP contribution is 2.36. The largest absolute Gasteiger partial charge is 0.368 e. The molecule has 1 aliphatic carbocycles. The van der Waals surface area contributed by atoms with Crippen molar-refractivity contribution in [3.05, 3.63) is 17.8 Å². The minimum absolute atomic E-state index is 0.196. The number of carbonyl (C=O) groups excluding carboxylic acids is 1. The summed E-state index contributed by atoms with van der Waals surface area (Å²) < 4.78 is 0. The first-order valence-electron chi connectivity index (χ1n) is 6.69. The summed E-state index contributed by atoms with van der Waals surface area (Å²) >= 11 is 0. The van der Waals surface area contributed by atoms with Crippen LogP contribution in [0.1, 0.15) is 36.2 Å². The summed E-state index contributed by atoms with van der Waals surface area (Å²) in [6, 6.07) is 3.44. The van der Waals surface area contributed by atoms with E-state index < -0.39 is 0 Å². The van der Waals surface area contributed by atoms with E-state index in [1.165, 1.54) is 25.7 Å². The molecule has 1 aromatic heterocycles. The third-order valence-electron chi connectivity index (χ3n) is 3.87. The van der Waals surface area contributed by atoms with Crippen LogP contribution in [0.15, 0.2) is 12.1 Å². The average Bonchev–Trinajstić information content (AvgIpc) is 2.94. The molecule has 1 fully saturated rings. The first kappa shape index (κ1) is 13.7. The van der Waals surface area contributed by atoms with E-state index >= 15 is 0 Å². The zero-order chi connectivity index (χ0) is 13.7. The molecule has 4 N–H and O–H groups in total. The topological polar surface area (TPSA) is 92.9 Å². The SMILES string of the molecule is CNC(=O)c1ccc(NCC2(CN)CCCC2)nn1. The summed E-state index contributed by atoms with van der Waals surface area (Å²) in [5.74, 6) is 0.459. The molecule has 1 amide bonds. The second-order valence-corrected chi connectivity index (χ2v) is 5.15. The van der Waals surface area contributed by atoms with E-state index in [0.29, 0.717) is 18.1 Å². The second-order valence-electron chi connectivity index (χ2n) is 5.15. The molecule has 0 aromatic carbocycles. The average molecular weight is 263 g/mol. The fourth-order valence-corrected chi connectivity index (χ4v) is 2.53. The summed E-state index contributed by atoms with van der Waals surface area (Å²) in [6.45, 7) is 1.52. The molecular weight excluding hydrogens is 242 g/mol. The highest BCUT2D eigenvalue weighted by Gasteiger charge is 2.32. The minimum atomic E-state index is -0.228. The van der Waals surface area contributed by atoms with Crippen molar-refractivity contribution in [2.45, 2.75) is 25.7 Å². The lowest BCUT2D eigenvalue weighted by Gasteiger charge is -2.27. The fraction of sp³-hybridized carbons (Fsp3) is 0.615. The van der Waals surface area contributed by atoms with Gasteiger partial charge in [0, 0.05) is 13.6 Å². The molecule has 1 saturated carbocycles. The fourth-order valence-electron chi connectivity index (χ4n) is 2.53. The number of hydrogen-bond donors (Lipinski definition) is 3. The molecule has 1 heterocycles. The van der Waals surface area contributed by atoms with Gasteiger partial charge in [0.2, 0.25) is 0 Å². The van der Waals surface area contributed by atoms with Crippen LogP contribution in [0.4, 0.5) is 5.82 Å². The number of nitrogens with one attached hydrogen (secondary N) is 2. The number of anilines is 1. The van der Waals surface area contributed by atoms with Crippen LogP contribution in [0.25, 0.3) is 0 Å². The van der Waals surface area contributed by atoms with E-state index in [1.807, 2.05) is 0 Å². The minimum Gasteiger partial charge on any atom is -0.368 e. The Morgan fingerprint density at radius 3 is 2.63 bits per heavy atom. The number of amides is 1. The molecule has 0 unspecified atom stereocenters. The van der Waals surface area contributed by atoms with Crippen LogP contribution in [0.5, 0.6) is 0 Å². The van der Waals surface area contributed by atoms with Crippen LogP contribution in [0, 0.1) is 5.41 Å². The molecule has 6 heteroatoms. The Bertz CT molecular complexity index is 425. The van der Waals surface area contributed by atoms with Crippen LogP contribution < -0.4 is 16.4 Å². The molecule has 0 bridgehead atoms. The van der Waals surface area contributed by atoms with Gasteiger partial charge in [0.15, 0.2) is 5.69 Å². The molecule has 104 valence electrons. The van der Waals surface area contributed by atoms with Crippen molar-refractivity contribution in [2.75, 3.05) is 25.5 Å². The third-order valence-corrected chi connectivity index (χ3v) is 3.87. The van der Waals surface area contributed by atoms with Gasteiger partial charge in [0.25, 0.3) is 5.91 Å². The lowest BCUT2D eigenvalue weighted by Crippen LogP contribution is -2.34. The standard InChI is InChI=1S/C13H21N5O/c1-15-12(19)10-4-5-11(18-17-10)16-9-13(8-14)6-2-3-7-13/h4-5H,2-3,6-9,14H2,1H3,(H,15,19)(H,16,18). The molecule has 0 spiro atoms. The first-order valence-corrected chi connectivity index (χ1v) is 6.69. The number of rotatable bonds is 5. The molecule has 0 saturated heterocycles. The van der Waals surface area contributed by atoms with Gasteiger partial charge in [-0.15, -0.1) is 10.2 Å². The highest BCUT2D eigenvalue weighted by atomic mass is 16.1. The molecule has 1 aliphatic rings. The molecule has 0 radical (unpaired) electrons. The van der Waals surface area contributed by atoms with Crippen LogP contribution >= 0.6 is 0 Å². The Labute approximate surface area is 113 Å². The predicted octanol–water partition coefficient (Wildman–Crippen LogP) is 0.767. The second kappa shape index (κ2) is 5.97. The van der Waals surface area contributed by atoms with Crippen molar-refractivity contribution in [1.29, 1.82) is 0 Å². The summed E-state index contributed by atoms with van der Waals surface area (Å²) in [7, 11) is 1.57. The van der Waals surface area contributed by atoms with Crippen LogP contribution in [-0.4, -0.2) is 36.2 Å². The number of carbonyl (C=O) groups is 1. The van der Waals surface area contributed by atoms with E-state index in [4.69, 9.17) is 5.73 Å². The van der Waals surface area contributed by atoms with Crippen molar-refractivity contribution < 1.29 is 4.79 Å². The number of nitrogens with zero attached hydrogens (tertiary/aromatic N) is 2. The Morgan fingerprint density at radius 1 is 1.37 bits per heavy atom. The molecular formula is C13H21N5O. The van der Waals surface area contributed by atoms with Gasteiger partial charge in [-0.1, -0.05) is 12.8 Å².